The quantitative estimate of drug-likeness (QED) is 0.782. The molecular weight excluding hydrogens is 206 g/mol. The second kappa shape index (κ2) is 4.35. The largest absolute Gasteiger partial charge is 0.466 e. The van der Waals surface area contributed by atoms with E-state index in [-0.39, 0.29) is 24.3 Å². The van der Waals surface area contributed by atoms with E-state index in [1.54, 1.807) is 13.0 Å². The van der Waals surface area contributed by atoms with Crippen LogP contribution in [0.3, 0.4) is 0 Å². The van der Waals surface area contributed by atoms with Crippen LogP contribution in [0.15, 0.2) is 24.3 Å². The SMILES string of the molecule is CCOC(=O)C[C@H]1NC(=O)c2ccccc21. The lowest BCUT2D eigenvalue weighted by Crippen LogP contribution is -2.22. The lowest BCUT2D eigenvalue weighted by Gasteiger charge is -2.10. The predicted octanol–water partition coefficient (Wildman–Crippen LogP) is 1.42. The van der Waals surface area contributed by atoms with Gasteiger partial charge in [-0.15, -0.1) is 0 Å². The fourth-order valence-electron chi connectivity index (χ4n) is 1.87. The molecular formula is C12H13NO3. The first-order chi connectivity index (χ1) is 7.72. The van der Waals surface area contributed by atoms with Gasteiger partial charge in [0.15, 0.2) is 0 Å². The molecule has 0 saturated carbocycles. The van der Waals surface area contributed by atoms with E-state index in [0.29, 0.717) is 12.2 Å². The Balaban J connectivity index is 2.15. The van der Waals surface area contributed by atoms with Crippen LogP contribution in [-0.4, -0.2) is 18.5 Å². The Hall–Kier alpha value is -1.84. The van der Waals surface area contributed by atoms with Gasteiger partial charge in [0, 0.05) is 5.56 Å². The topological polar surface area (TPSA) is 55.4 Å². The number of esters is 1. The molecule has 1 N–H and O–H groups in total. The van der Waals surface area contributed by atoms with Crippen LogP contribution in [0.1, 0.15) is 35.3 Å². The highest BCUT2D eigenvalue weighted by Crippen LogP contribution is 2.27. The Morgan fingerprint density at radius 3 is 2.94 bits per heavy atom. The summed E-state index contributed by atoms with van der Waals surface area (Å²) >= 11 is 0. The molecule has 1 amide bonds. The first kappa shape index (κ1) is 10.7. The molecule has 4 heteroatoms. The second-order valence-electron chi connectivity index (χ2n) is 3.62. The molecule has 1 aromatic rings. The first-order valence-electron chi connectivity index (χ1n) is 5.27. The molecule has 1 atom stereocenters. The minimum atomic E-state index is -0.287. The van der Waals surface area contributed by atoms with Gasteiger partial charge < -0.3 is 10.1 Å². The lowest BCUT2D eigenvalue weighted by atomic mass is 10.0. The van der Waals surface area contributed by atoms with Gasteiger partial charge in [-0.1, -0.05) is 18.2 Å². The number of rotatable bonds is 3. The van der Waals surface area contributed by atoms with Gasteiger partial charge in [0.1, 0.15) is 0 Å². The fourth-order valence-corrected chi connectivity index (χ4v) is 1.87. The smallest absolute Gasteiger partial charge is 0.308 e. The van der Waals surface area contributed by atoms with E-state index in [1.165, 1.54) is 0 Å². The molecule has 1 aliphatic heterocycles. The number of fused-ring (bicyclic) bond motifs is 1. The van der Waals surface area contributed by atoms with Crippen molar-refractivity contribution >= 4 is 11.9 Å². The molecule has 0 saturated heterocycles. The number of ether oxygens (including phenoxy) is 1. The molecule has 1 aromatic carbocycles. The predicted molar refractivity (Wildman–Crippen MR) is 57.9 cm³/mol. The molecule has 0 aliphatic carbocycles. The molecule has 0 aromatic heterocycles. The zero-order valence-corrected chi connectivity index (χ0v) is 9.03. The van der Waals surface area contributed by atoms with E-state index in [4.69, 9.17) is 4.74 Å². The molecule has 1 heterocycles. The number of hydrogen-bond acceptors (Lipinski definition) is 3. The average molecular weight is 219 g/mol. The summed E-state index contributed by atoms with van der Waals surface area (Å²) in [5.41, 5.74) is 1.53. The summed E-state index contributed by atoms with van der Waals surface area (Å²) in [5.74, 6) is -0.408. The van der Waals surface area contributed by atoms with Crippen LogP contribution < -0.4 is 5.32 Å². The monoisotopic (exact) mass is 219 g/mol. The summed E-state index contributed by atoms with van der Waals surface area (Å²) in [6, 6.07) is 7.04. The van der Waals surface area contributed by atoms with Crippen LogP contribution in [-0.2, 0) is 9.53 Å². The van der Waals surface area contributed by atoms with Crippen molar-refractivity contribution in [2.45, 2.75) is 19.4 Å². The highest BCUT2D eigenvalue weighted by Gasteiger charge is 2.29. The minimum Gasteiger partial charge on any atom is -0.466 e. The van der Waals surface area contributed by atoms with Gasteiger partial charge in [-0.05, 0) is 18.6 Å². The molecule has 1 aliphatic rings. The van der Waals surface area contributed by atoms with Gasteiger partial charge >= 0.3 is 5.97 Å². The molecule has 0 fully saturated rings. The molecule has 2 rings (SSSR count). The number of carbonyl (C=O) groups excluding carboxylic acids is 2. The van der Waals surface area contributed by atoms with Gasteiger partial charge in [0.25, 0.3) is 5.91 Å². The van der Waals surface area contributed by atoms with Crippen molar-refractivity contribution in [2.75, 3.05) is 6.61 Å². The van der Waals surface area contributed by atoms with E-state index in [0.717, 1.165) is 5.56 Å². The average Bonchev–Trinajstić information content (AvgIpc) is 2.57. The Labute approximate surface area is 93.6 Å². The lowest BCUT2D eigenvalue weighted by molar-refractivity contribution is -0.143. The normalized spacial score (nSPS) is 17.8. The third-order valence-electron chi connectivity index (χ3n) is 2.56. The summed E-state index contributed by atoms with van der Waals surface area (Å²) in [5, 5.41) is 2.77. The van der Waals surface area contributed by atoms with Crippen LogP contribution in [0, 0.1) is 0 Å². The van der Waals surface area contributed by atoms with Crippen molar-refractivity contribution < 1.29 is 14.3 Å². The van der Waals surface area contributed by atoms with Crippen molar-refractivity contribution in [3.05, 3.63) is 35.4 Å². The van der Waals surface area contributed by atoms with Crippen molar-refractivity contribution in [3.63, 3.8) is 0 Å². The number of hydrogen-bond donors (Lipinski definition) is 1. The van der Waals surface area contributed by atoms with Crippen molar-refractivity contribution in [1.82, 2.24) is 5.32 Å². The Morgan fingerprint density at radius 1 is 1.44 bits per heavy atom. The molecule has 0 unspecified atom stereocenters. The summed E-state index contributed by atoms with van der Waals surface area (Å²) in [7, 11) is 0. The van der Waals surface area contributed by atoms with Gasteiger partial charge in [-0.25, -0.2) is 0 Å². The van der Waals surface area contributed by atoms with Crippen LogP contribution >= 0.6 is 0 Å². The number of amides is 1. The molecule has 16 heavy (non-hydrogen) atoms. The molecule has 0 spiro atoms. The minimum absolute atomic E-state index is 0.120. The van der Waals surface area contributed by atoms with E-state index < -0.39 is 0 Å². The zero-order chi connectivity index (χ0) is 11.5. The molecule has 0 bridgehead atoms. The van der Waals surface area contributed by atoms with Crippen molar-refractivity contribution in [3.8, 4) is 0 Å². The number of carbonyl (C=O) groups is 2. The van der Waals surface area contributed by atoms with E-state index in [1.807, 2.05) is 18.2 Å². The van der Waals surface area contributed by atoms with Gasteiger partial charge in [0.2, 0.25) is 0 Å². The van der Waals surface area contributed by atoms with E-state index >= 15 is 0 Å². The number of nitrogens with one attached hydrogen (secondary N) is 1. The van der Waals surface area contributed by atoms with Gasteiger partial charge in [-0.2, -0.15) is 0 Å². The zero-order valence-electron chi connectivity index (χ0n) is 9.03. The first-order valence-corrected chi connectivity index (χ1v) is 5.27. The third-order valence-corrected chi connectivity index (χ3v) is 2.56. The maximum atomic E-state index is 11.6. The van der Waals surface area contributed by atoms with Crippen LogP contribution in [0.2, 0.25) is 0 Å². The van der Waals surface area contributed by atoms with E-state index in [9.17, 15) is 9.59 Å². The molecule has 4 nitrogen and oxygen atoms in total. The molecule has 0 radical (unpaired) electrons. The number of benzene rings is 1. The summed E-state index contributed by atoms with van der Waals surface area (Å²) in [4.78, 5) is 22.9. The highest BCUT2D eigenvalue weighted by molar-refractivity contribution is 5.99. The van der Waals surface area contributed by atoms with Crippen molar-refractivity contribution in [1.29, 1.82) is 0 Å². The maximum absolute atomic E-state index is 11.6. The van der Waals surface area contributed by atoms with Crippen molar-refractivity contribution in [2.24, 2.45) is 0 Å². The molecule has 84 valence electrons. The fraction of sp³-hybridized carbons (Fsp3) is 0.333. The van der Waals surface area contributed by atoms with Crippen LogP contribution in [0.5, 0.6) is 0 Å². The summed E-state index contributed by atoms with van der Waals surface area (Å²) < 4.78 is 4.86. The second-order valence-corrected chi connectivity index (χ2v) is 3.62. The van der Waals surface area contributed by atoms with E-state index in [2.05, 4.69) is 5.32 Å². The Kier molecular flexibility index (Phi) is 2.90. The Morgan fingerprint density at radius 2 is 2.19 bits per heavy atom. The summed E-state index contributed by atoms with van der Waals surface area (Å²) in [6.07, 6.45) is 0.191. The van der Waals surface area contributed by atoms with Gasteiger partial charge in [-0.3, -0.25) is 9.59 Å². The standard InChI is InChI=1S/C12H13NO3/c1-2-16-11(14)7-10-8-5-3-4-6-9(8)12(15)13-10/h3-6,10H,2,7H2,1H3,(H,13,15)/t10-/m1/s1. The van der Waals surface area contributed by atoms with Crippen LogP contribution in [0.4, 0.5) is 0 Å². The summed E-state index contributed by atoms with van der Waals surface area (Å²) in [6.45, 7) is 2.13. The van der Waals surface area contributed by atoms with Crippen LogP contribution in [0.25, 0.3) is 0 Å². The Bertz CT molecular complexity index is 428. The third kappa shape index (κ3) is 1.91. The van der Waals surface area contributed by atoms with Gasteiger partial charge in [0.05, 0.1) is 19.1 Å². The highest BCUT2D eigenvalue weighted by atomic mass is 16.5. The maximum Gasteiger partial charge on any atom is 0.308 e.